The van der Waals surface area contributed by atoms with Crippen LogP contribution in [0.1, 0.15) is 17.9 Å². The Kier molecular flexibility index (Phi) is 4.02. The number of fused-ring (bicyclic) bond motifs is 1. The molecular formula is C21H17N5OS. The smallest absolute Gasteiger partial charge is 0.260 e. The lowest BCUT2D eigenvalue weighted by Gasteiger charge is -2.15. The van der Waals surface area contributed by atoms with Crippen molar-refractivity contribution in [2.24, 2.45) is 7.05 Å². The molecule has 1 aliphatic rings. The SMILES string of the molecule is Cn1cnc(-c2nc3sc(-c4ccncc4)c(C4C=CC=CC4)c3c(=O)[nH]2)c1. The summed E-state index contributed by atoms with van der Waals surface area (Å²) >= 11 is 1.55. The number of imidazole rings is 1. The predicted molar refractivity (Wildman–Crippen MR) is 111 cm³/mol. The molecule has 138 valence electrons. The fourth-order valence-corrected chi connectivity index (χ4v) is 4.80. The van der Waals surface area contributed by atoms with E-state index in [9.17, 15) is 4.79 Å². The fourth-order valence-electron chi connectivity index (χ4n) is 3.55. The summed E-state index contributed by atoms with van der Waals surface area (Å²) in [5.74, 6) is 0.636. The third-order valence-electron chi connectivity index (χ3n) is 4.84. The van der Waals surface area contributed by atoms with E-state index in [1.807, 2.05) is 42.1 Å². The van der Waals surface area contributed by atoms with Crippen molar-refractivity contribution in [1.82, 2.24) is 24.5 Å². The van der Waals surface area contributed by atoms with Gasteiger partial charge < -0.3 is 9.55 Å². The molecule has 4 aromatic heterocycles. The zero-order valence-electron chi connectivity index (χ0n) is 15.2. The van der Waals surface area contributed by atoms with Gasteiger partial charge in [-0.15, -0.1) is 11.3 Å². The first-order valence-electron chi connectivity index (χ1n) is 8.99. The van der Waals surface area contributed by atoms with Crippen LogP contribution in [0.3, 0.4) is 0 Å². The minimum atomic E-state index is -0.125. The van der Waals surface area contributed by atoms with E-state index in [1.54, 1.807) is 30.1 Å². The van der Waals surface area contributed by atoms with Gasteiger partial charge in [-0.2, -0.15) is 0 Å². The molecule has 4 heterocycles. The second kappa shape index (κ2) is 6.69. The summed E-state index contributed by atoms with van der Waals surface area (Å²) in [5, 5.41) is 0.668. The Morgan fingerprint density at radius 2 is 2.11 bits per heavy atom. The Hall–Kier alpha value is -3.32. The van der Waals surface area contributed by atoms with Gasteiger partial charge in [-0.25, -0.2) is 9.97 Å². The van der Waals surface area contributed by atoms with Crippen LogP contribution < -0.4 is 5.56 Å². The topological polar surface area (TPSA) is 76.5 Å². The number of hydrogen-bond donors (Lipinski definition) is 1. The molecule has 6 nitrogen and oxygen atoms in total. The quantitative estimate of drug-likeness (QED) is 0.575. The maximum Gasteiger partial charge on any atom is 0.260 e. The zero-order chi connectivity index (χ0) is 19.1. The maximum atomic E-state index is 13.1. The number of aromatic amines is 1. The lowest BCUT2D eigenvalue weighted by Crippen LogP contribution is -2.11. The van der Waals surface area contributed by atoms with Gasteiger partial charge in [-0.05, 0) is 29.7 Å². The molecule has 1 aliphatic carbocycles. The van der Waals surface area contributed by atoms with Crippen molar-refractivity contribution in [2.45, 2.75) is 12.3 Å². The van der Waals surface area contributed by atoms with E-state index in [2.05, 4.69) is 27.1 Å². The summed E-state index contributed by atoms with van der Waals surface area (Å²) in [6, 6.07) is 3.95. The van der Waals surface area contributed by atoms with Gasteiger partial charge in [0, 0.05) is 36.4 Å². The number of nitrogens with one attached hydrogen (secondary N) is 1. The highest BCUT2D eigenvalue weighted by Crippen LogP contribution is 2.42. The van der Waals surface area contributed by atoms with Crippen molar-refractivity contribution in [3.05, 3.63) is 77.3 Å². The van der Waals surface area contributed by atoms with Crippen molar-refractivity contribution in [1.29, 1.82) is 0 Å². The van der Waals surface area contributed by atoms with Gasteiger partial charge in [0.25, 0.3) is 5.56 Å². The average Bonchev–Trinajstić information content (AvgIpc) is 3.33. The van der Waals surface area contributed by atoms with E-state index in [4.69, 9.17) is 4.98 Å². The first kappa shape index (κ1) is 16.8. The lowest BCUT2D eigenvalue weighted by atomic mass is 9.89. The van der Waals surface area contributed by atoms with E-state index in [0.717, 1.165) is 27.3 Å². The number of rotatable bonds is 3. The monoisotopic (exact) mass is 387 g/mol. The molecule has 0 radical (unpaired) electrons. The minimum absolute atomic E-state index is 0.125. The van der Waals surface area contributed by atoms with E-state index < -0.39 is 0 Å². The largest absolute Gasteiger partial charge is 0.340 e. The molecule has 0 spiro atoms. The molecule has 1 unspecified atom stereocenters. The molecule has 0 bridgehead atoms. The number of allylic oxidation sites excluding steroid dienone is 4. The third-order valence-corrected chi connectivity index (χ3v) is 5.99. The molecule has 1 N–H and O–H groups in total. The van der Waals surface area contributed by atoms with Crippen LogP contribution in [0.2, 0.25) is 0 Å². The Morgan fingerprint density at radius 1 is 1.25 bits per heavy atom. The molecule has 0 fully saturated rings. The number of aryl methyl sites for hydroxylation is 1. The van der Waals surface area contributed by atoms with E-state index in [0.29, 0.717) is 16.9 Å². The van der Waals surface area contributed by atoms with Gasteiger partial charge in [0.05, 0.1) is 11.7 Å². The second-order valence-electron chi connectivity index (χ2n) is 6.76. The van der Waals surface area contributed by atoms with Gasteiger partial charge >= 0.3 is 0 Å². The van der Waals surface area contributed by atoms with Crippen molar-refractivity contribution in [3.8, 4) is 22.0 Å². The highest BCUT2D eigenvalue weighted by molar-refractivity contribution is 7.22. The molecule has 0 saturated carbocycles. The van der Waals surface area contributed by atoms with Gasteiger partial charge in [0.2, 0.25) is 0 Å². The molecular weight excluding hydrogens is 370 g/mol. The number of hydrogen-bond acceptors (Lipinski definition) is 5. The maximum absolute atomic E-state index is 13.1. The molecule has 7 heteroatoms. The Morgan fingerprint density at radius 3 is 2.82 bits per heavy atom. The Balaban J connectivity index is 1.78. The molecule has 0 aromatic carbocycles. The predicted octanol–water partition coefficient (Wildman–Crippen LogP) is 4.05. The Labute approximate surface area is 164 Å². The van der Waals surface area contributed by atoms with E-state index >= 15 is 0 Å². The van der Waals surface area contributed by atoms with Crippen molar-refractivity contribution < 1.29 is 0 Å². The number of thiophene rings is 1. The normalized spacial score (nSPS) is 16.1. The summed E-state index contributed by atoms with van der Waals surface area (Å²) < 4.78 is 1.83. The van der Waals surface area contributed by atoms with Crippen LogP contribution in [0.25, 0.3) is 32.2 Å². The van der Waals surface area contributed by atoms with Gasteiger partial charge in [0.1, 0.15) is 10.5 Å². The molecule has 1 atom stereocenters. The summed E-state index contributed by atoms with van der Waals surface area (Å²) in [6.45, 7) is 0. The Bertz CT molecular complexity index is 1280. The second-order valence-corrected chi connectivity index (χ2v) is 7.75. The van der Waals surface area contributed by atoms with Crippen molar-refractivity contribution in [3.63, 3.8) is 0 Å². The van der Waals surface area contributed by atoms with Crippen LogP contribution in [0.5, 0.6) is 0 Å². The van der Waals surface area contributed by atoms with Crippen LogP contribution in [0.15, 0.2) is 66.1 Å². The van der Waals surface area contributed by atoms with Crippen molar-refractivity contribution in [2.75, 3.05) is 0 Å². The van der Waals surface area contributed by atoms with E-state index in [1.165, 1.54) is 0 Å². The fraction of sp³-hybridized carbons (Fsp3) is 0.143. The zero-order valence-corrected chi connectivity index (χ0v) is 16.0. The standard InChI is InChI=1S/C21H17N5OS/c1-26-11-15(23-12-26)19-24-20(27)17-16(13-5-3-2-4-6-13)18(28-21(17)25-19)14-7-9-22-10-8-14/h2-5,7-13H,6H2,1H3,(H,24,25,27). The summed E-state index contributed by atoms with van der Waals surface area (Å²) in [7, 11) is 1.89. The van der Waals surface area contributed by atoms with Crippen LogP contribution >= 0.6 is 11.3 Å². The number of pyridine rings is 1. The molecule has 0 saturated heterocycles. The van der Waals surface area contributed by atoms with Crippen LogP contribution in [-0.2, 0) is 7.05 Å². The van der Waals surface area contributed by atoms with Gasteiger partial charge in [-0.1, -0.05) is 24.3 Å². The highest BCUT2D eigenvalue weighted by atomic mass is 32.1. The lowest BCUT2D eigenvalue weighted by molar-refractivity contribution is 0.865. The van der Waals surface area contributed by atoms with Crippen LogP contribution in [0.4, 0.5) is 0 Å². The van der Waals surface area contributed by atoms with Crippen molar-refractivity contribution >= 4 is 21.6 Å². The summed E-state index contributed by atoms with van der Waals surface area (Å²) in [4.78, 5) is 31.0. The third kappa shape index (κ3) is 2.80. The number of aromatic nitrogens is 5. The minimum Gasteiger partial charge on any atom is -0.340 e. The van der Waals surface area contributed by atoms with E-state index in [-0.39, 0.29) is 11.5 Å². The first-order chi connectivity index (χ1) is 13.7. The number of H-pyrrole nitrogens is 1. The molecule has 28 heavy (non-hydrogen) atoms. The van der Waals surface area contributed by atoms with Gasteiger partial charge in [0.15, 0.2) is 5.82 Å². The molecule has 0 amide bonds. The first-order valence-corrected chi connectivity index (χ1v) is 9.81. The summed E-state index contributed by atoms with van der Waals surface area (Å²) in [6.07, 6.45) is 16.3. The van der Waals surface area contributed by atoms with Crippen LogP contribution in [0, 0.1) is 0 Å². The summed E-state index contributed by atoms with van der Waals surface area (Å²) in [5.41, 5.74) is 2.62. The molecule has 5 rings (SSSR count). The van der Waals surface area contributed by atoms with Crippen LogP contribution in [-0.4, -0.2) is 24.5 Å². The highest BCUT2D eigenvalue weighted by Gasteiger charge is 2.24. The average molecular weight is 387 g/mol. The number of nitrogens with zero attached hydrogens (tertiary/aromatic N) is 4. The van der Waals surface area contributed by atoms with Gasteiger partial charge in [-0.3, -0.25) is 9.78 Å². The molecule has 4 aromatic rings. The molecule has 0 aliphatic heterocycles.